The van der Waals surface area contributed by atoms with Crippen LogP contribution in [0.4, 0.5) is 0 Å². The van der Waals surface area contributed by atoms with Crippen molar-refractivity contribution in [1.29, 1.82) is 0 Å². The molecule has 160 valence electrons. The van der Waals surface area contributed by atoms with Gasteiger partial charge in [-0.15, -0.1) is 0 Å². The highest BCUT2D eigenvalue weighted by atomic mass is 32.2. The van der Waals surface area contributed by atoms with Gasteiger partial charge in [0, 0.05) is 38.1 Å². The largest absolute Gasteiger partial charge is 0.355 e. The van der Waals surface area contributed by atoms with Crippen molar-refractivity contribution in [3.8, 4) is 0 Å². The molecule has 0 atom stereocenters. The van der Waals surface area contributed by atoms with Gasteiger partial charge in [-0.3, -0.25) is 14.5 Å². The second-order valence-electron chi connectivity index (χ2n) is 7.06. The van der Waals surface area contributed by atoms with Crippen LogP contribution in [-0.4, -0.2) is 87.2 Å². The highest BCUT2D eigenvalue weighted by Gasteiger charge is 2.27. The first-order valence-electron chi connectivity index (χ1n) is 9.78. The van der Waals surface area contributed by atoms with Gasteiger partial charge in [-0.2, -0.15) is 4.31 Å². The van der Waals surface area contributed by atoms with E-state index in [0.29, 0.717) is 19.6 Å². The number of sulfonamides is 1. The maximum Gasteiger partial charge on any atom is 0.236 e. The van der Waals surface area contributed by atoms with Crippen molar-refractivity contribution in [2.45, 2.75) is 13.3 Å². The monoisotopic (exact) mass is 422 g/mol. The standard InChI is InChI=1S/C20H30N4O4S/c1-3-10-21-19(25)16-22(2)17-20(26)23-11-13-24(14-12-23)29(27,28)15-9-18-7-5-4-6-8-18/h4-9,15H,3,10-14,16-17H2,1-2H3,(H,21,25)/b15-9+. The average Bonchev–Trinajstić information content (AvgIpc) is 2.71. The summed E-state index contributed by atoms with van der Waals surface area (Å²) in [4.78, 5) is 27.5. The zero-order chi connectivity index (χ0) is 21.3. The van der Waals surface area contributed by atoms with E-state index in [4.69, 9.17) is 0 Å². The van der Waals surface area contributed by atoms with Gasteiger partial charge in [-0.1, -0.05) is 37.3 Å². The van der Waals surface area contributed by atoms with Gasteiger partial charge in [0.05, 0.1) is 13.1 Å². The van der Waals surface area contributed by atoms with Crippen LogP contribution in [0.3, 0.4) is 0 Å². The smallest absolute Gasteiger partial charge is 0.236 e. The van der Waals surface area contributed by atoms with E-state index >= 15 is 0 Å². The van der Waals surface area contributed by atoms with E-state index in [-0.39, 0.29) is 38.0 Å². The summed E-state index contributed by atoms with van der Waals surface area (Å²) in [6, 6.07) is 9.24. The average molecular weight is 423 g/mol. The molecule has 1 fully saturated rings. The molecule has 1 aliphatic rings. The summed E-state index contributed by atoms with van der Waals surface area (Å²) in [6.07, 6.45) is 2.44. The van der Waals surface area contributed by atoms with Crippen LogP contribution >= 0.6 is 0 Å². The predicted molar refractivity (Wildman–Crippen MR) is 113 cm³/mol. The summed E-state index contributed by atoms with van der Waals surface area (Å²) in [5, 5.41) is 3.99. The number of rotatable bonds is 9. The quantitative estimate of drug-likeness (QED) is 0.629. The Labute approximate surface area is 173 Å². The van der Waals surface area contributed by atoms with Crippen molar-refractivity contribution in [2.24, 2.45) is 0 Å². The minimum absolute atomic E-state index is 0.104. The molecule has 9 heteroatoms. The van der Waals surface area contributed by atoms with Gasteiger partial charge < -0.3 is 10.2 Å². The van der Waals surface area contributed by atoms with Crippen LogP contribution < -0.4 is 5.32 Å². The first-order valence-corrected chi connectivity index (χ1v) is 11.3. The fourth-order valence-electron chi connectivity index (χ4n) is 2.96. The molecule has 1 aromatic carbocycles. The molecule has 8 nitrogen and oxygen atoms in total. The van der Waals surface area contributed by atoms with Crippen LogP contribution in [-0.2, 0) is 19.6 Å². The highest BCUT2D eigenvalue weighted by molar-refractivity contribution is 7.92. The van der Waals surface area contributed by atoms with Gasteiger partial charge >= 0.3 is 0 Å². The zero-order valence-corrected chi connectivity index (χ0v) is 17.9. The Morgan fingerprint density at radius 2 is 1.76 bits per heavy atom. The molecule has 0 saturated carbocycles. The number of carbonyl (C=O) groups excluding carboxylic acids is 2. The van der Waals surface area contributed by atoms with Gasteiger partial charge in [0.1, 0.15) is 0 Å². The number of benzene rings is 1. The molecule has 1 heterocycles. The molecule has 2 rings (SSSR count). The molecule has 0 aromatic heterocycles. The third kappa shape index (κ3) is 7.60. The molecule has 1 aromatic rings. The van der Waals surface area contributed by atoms with Crippen LogP contribution in [0.2, 0.25) is 0 Å². The lowest BCUT2D eigenvalue weighted by molar-refractivity contribution is -0.133. The van der Waals surface area contributed by atoms with Crippen molar-refractivity contribution in [3.63, 3.8) is 0 Å². The molecule has 1 N–H and O–H groups in total. The van der Waals surface area contributed by atoms with Crippen LogP contribution in [0.25, 0.3) is 6.08 Å². The number of likely N-dealkylation sites (N-methyl/N-ethyl adjacent to an activating group) is 1. The minimum atomic E-state index is -3.53. The third-order valence-electron chi connectivity index (χ3n) is 4.57. The summed E-state index contributed by atoms with van der Waals surface area (Å²) in [5.41, 5.74) is 0.816. The molecule has 0 aliphatic carbocycles. The van der Waals surface area contributed by atoms with Crippen LogP contribution in [0.1, 0.15) is 18.9 Å². The van der Waals surface area contributed by atoms with E-state index in [1.807, 2.05) is 37.3 Å². The number of hydrogen-bond donors (Lipinski definition) is 1. The van der Waals surface area contributed by atoms with Crippen LogP contribution in [0.5, 0.6) is 0 Å². The SMILES string of the molecule is CCCNC(=O)CN(C)CC(=O)N1CCN(S(=O)(=O)/C=C/c2ccccc2)CC1. The second kappa shape index (κ2) is 11.1. The Kier molecular flexibility index (Phi) is 8.81. The van der Waals surface area contributed by atoms with Gasteiger partial charge in [-0.25, -0.2) is 8.42 Å². The number of carbonyl (C=O) groups is 2. The van der Waals surface area contributed by atoms with E-state index in [2.05, 4.69) is 5.32 Å². The first-order chi connectivity index (χ1) is 13.8. The lowest BCUT2D eigenvalue weighted by Crippen LogP contribution is -2.52. The molecule has 2 amide bonds. The summed E-state index contributed by atoms with van der Waals surface area (Å²) in [6.45, 7) is 4.08. The summed E-state index contributed by atoms with van der Waals surface area (Å²) >= 11 is 0. The van der Waals surface area contributed by atoms with Crippen molar-refractivity contribution < 1.29 is 18.0 Å². The van der Waals surface area contributed by atoms with Crippen molar-refractivity contribution in [3.05, 3.63) is 41.3 Å². The number of nitrogens with one attached hydrogen (secondary N) is 1. The topological polar surface area (TPSA) is 90.0 Å². The van der Waals surface area contributed by atoms with Crippen molar-refractivity contribution >= 4 is 27.9 Å². The van der Waals surface area contributed by atoms with E-state index in [1.165, 1.54) is 9.71 Å². The Morgan fingerprint density at radius 1 is 1.10 bits per heavy atom. The van der Waals surface area contributed by atoms with Gasteiger partial charge in [0.15, 0.2) is 0 Å². The summed E-state index contributed by atoms with van der Waals surface area (Å²) in [7, 11) is -1.81. The zero-order valence-electron chi connectivity index (χ0n) is 17.1. The molecular formula is C20H30N4O4S. The Balaban J connectivity index is 1.81. The Hall–Kier alpha value is -2.23. The summed E-state index contributed by atoms with van der Waals surface area (Å²) in [5.74, 6) is -0.212. The molecule has 0 bridgehead atoms. The lowest BCUT2D eigenvalue weighted by Gasteiger charge is -2.34. The molecule has 0 unspecified atom stereocenters. The Morgan fingerprint density at radius 3 is 2.38 bits per heavy atom. The van der Waals surface area contributed by atoms with E-state index < -0.39 is 10.0 Å². The summed E-state index contributed by atoms with van der Waals surface area (Å²) < 4.78 is 26.4. The van der Waals surface area contributed by atoms with E-state index in [0.717, 1.165) is 12.0 Å². The lowest BCUT2D eigenvalue weighted by atomic mass is 10.2. The van der Waals surface area contributed by atoms with Gasteiger partial charge in [0.25, 0.3) is 0 Å². The normalized spacial score (nSPS) is 15.8. The number of amides is 2. The minimum Gasteiger partial charge on any atom is -0.355 e. The number of nitrogens with zero attached hydrogens (tertiary/aromatic N) is 3. The number of hydrogen-bond acceptors (Lipinski definition) is 5. The molecule has 1 aliphatic heterocycles. The molecular weight excluding hydrogens is 392 g/mol. The number of piperazine rings is 1. The molecule has 1 saturated heterocycles. The third-order valence-corrected chi connectivity index (χ3v) is 6.14. The Bertz CT molecular complexity index is 803. The van der Waals surface area contributed by atoms with Gasteiger partial charge in [-0.05, 0) is 25.1 Å². The van der Waals surface area contributed by atoms with E-state index in [1.54, 1.807) is 22.9 Å². The fraction of sp³-hybridized carbons (Fsp3) is 0.500. The van der Waals surface area contributed by atoms with Crippen LogP contribution in [0.15, 0.2) is 35.7 Å². The second-order valence-corrected chi connectivity index (χ2v) is 8.88. The highest BCUT2D eigenvalue weighted by Crippen LogP contribution is 2.12. The maximum absolute atomic E-state index is 12.5. The molecule has 29 heavy (non-hydrogen) atoms. The fourth-order valence-corrected chi connectivity index (χ4v) is 4.13. The first kappa shape index (κ1) is 23.1. The molecule has 0 radical (unpaired) electrons. The van der Waals surface area contributed by atoms with E-state index in [9.17, 15) is 18.0 Å². The van der Waals surface area contributed by atoms with Crippen molar-refractivity contribution in [2.75, 3.05) is 52.9 Å². The maximum atomic E-state index is 12.5. The van der Waals surface area contributed by atoms with Crippen LogP contribution in [0, 0.1) is 0 Å². The predicted octanol–water partition coefficient (Wildman–Crippen LogP) is 0.589. The van der Waals surface area contributed by atoms with Crippen molar-refractivity contribution in [1.82, 2.24) is 19.4 Å². The molecule has 0 spiro atoms. The van der Waals surface area contributed by atoms with Gasteiger partial charge in [0.2, 0.25) is 21.8 Å².